The van der Waals surface area contributed by atoms with Crippen molar-refractivity contribution in [3.63, 3.8) is 0 Å². The number of amides is 1. The van der Waals surface area contributed by atoms with Crippen molar-refractivity contribution in [3.8, 4) is 0 Å². The molecule has 0 spiro atoms. The van der Waals surface area contributed by atoms with E-state index in [4.69, 9.17) is 5.73 Å². The standard InChI is InChI=1S/C14H20N2O/c1-9-4-5-10(2)12(8-9)11(3)16-13(17)14(15)6-7-14/h4-5,8,11H,6-7,15H2,1-3H3,(H,16,17). The van der Waals surface area contributed by atoms with Crippen molar-refractivity contribution in [3.05, 3.63) is 34.9 Å². The van der Waals surface area contributed by atoms with Crippen LogP contribution >= 0.6 is 0 Å². The first-order valence-electron chi connectivity index (χ1n) is 6.09. The molecule has 3 N–H and O–H groups in total. The van der Waals surface area contributed by atoms with Gasteiger partial charge in [0.25, 0.3) is 0 Å². The van der Waals surface area contributed by atoms with Crippen molar-refractivity contribution in [1.29, 1.82) is 0 Å². The van der Waals surface area contributed by atoms with Gasteiger partial charge in [-0.15, -0.1) is 0 Å². The monoisotopic (exact) mass is 232 g/mol. The molecule has 1 atom stereocenters. The van der Waals surface area contributed by atoms with Gasteiger partial charge < -0.3 is 11.1 Å². The number of hydrogen-bond acceptors (Lipinski definition) is 2. The summed E-state index contributed by atoms with van der Waals surface area (Å²) in [5.74, 6) is -0.0223. The van der Waals surface area contributed by atoms with Crippen LogP contribution in [0, 0.1) is 13.8 Å². The van der Waals surface area contributed by atoms with E-state index in [1.807, 2.05) is 6.92 Å². The number of aryl methyl sites for hydroxylation is 2. The highest BCUT2D eigenvalue weighted by atomic mass is 16.2. The summed E-state index contributed by atoms with van der Waals surface area (Å²) in [4.78, 5) is 11.9. The van der Waals surface area contributed by atoms with E-state index in [1.54, 1.807) is 0 Å². The summed E-state index contributed by atoms with van der Waals surface area (Å²) in [6, 6.07) is 6.31. The van der Waals surface area contributed by atoms with Gasteiger partial charge in [0.1, 0.15) is 0 Å². The molecule has 1 aliphatic carbocycles. The molecule has 1 fully saturated rings. The Hall–Kier alpha value is -1.35. The number of hydrogen-bond donors (Lipinski definition) is 2. The average Bonchev–Trinajstić information content (AvgIpc) is 3.01. The Morgan fingerprint density at radius 1 is 1.41 bits per heavy atom. The van der Waals surface area contributed by atoms with Gasteiger partial charge in [-0.2, -0.15) is 0 Å². The fourth-order valence-electron chi connectivity index (χ4n) is 2.01. The molecule has 17 heavy (non-hydrogen) atoms. The number of nitrogens with two attached hydrogens (primary N) is 1. The predicted octanol–water partition coefficient (Wildman–Crippen LogP) is 1.97. The number of nitrogens with one attached hydrogen (secondary N) is 1. The molecule has 1 aromatic rings. The van der Waals surface area contributed by atoms with Crippen molar-refractivity contribution in [2.45, 2.75) is 45.2 Å². The van der Waals surface area contributed by atoms with Crippen molar-refractivity contribution >= 4 is 5.91 Å². The molecule has 1 amide bonds. The highest BCUT2D eigenvalue weighted by Gasteiger charge is 2.46. The lowest BCUT2D eigenvalue weighted by atomic mass is 9.99. The van der Waals surface area contributed by atoms with E-state index < -0.39 is 5.54 Å². The average molecular weight is 232 g/mol. The van der Waals surface area contributed by atoms with Gasteiger partial charge in [0.05, 0.1) is 11.6 Å². The van der Waals surface area contributed by atoms with E-state index >= 15 is 0 Å². The Balaban J connectivity index is 2.11. The second-order valence-corrected chi connectivity index (χ2v) is 5.21. The Labute approximate surface area is 102 Å². The largest absolute Gasteiger partial charge is 0.348 e. The van der Waals surface area contributed by atoms with E-state index in [0.29, 0.717) is 0 Å². The molecule has 2 rings (SSSR count). The van der Waals surface area contributed by atoms with Gasteiger partial charge in [0.2, 0.25) is 5.91 Å². The van der Waals surface area contributed by atoms with Crippen LogP contribution in [-0.4, -0.2) is 11.4 Å². The second-order valence-electron chi connectivity index (χ2n) is 5.21. The molecule has 92 valence electrons. The zero-order valence-electron chi connectivity index (χ0n) is 10.7. The highest BCUT2D eigenvalue weighted by Crippen LogP contribution is 2.33. The SMILES string of the molecule is Cc1ccc(C)c(C(C)NC(=O)C2(N)CC2)c1. The summed E-state index contributed by atoms with van der Waals surface area (Å²) in [5.41, 5.74) is 8.86. The van der Waals surface area contributed by atoms with Crippen LogP contribution in [0.5, 0.6) is 0 Å². The quantitative estimate of drug-likeness (QED) is 0.837. The summed E-state index contributed by atoms with van der Waals surface area (Å²) in [5, 5.41) is 3.00. The zero-order valence-corrected chi connectivity index (χ0v) is 10.7. The molecule has 1 unspecified atom stereocenters. The molecule has 0 saturated heterocycles. The summed E-state index contributed by atoms with van der Waals surface area (Å²) >= 11 is 0. The molecule has 0 aliphatic heterocycles. The van der Waals surface area contributed by atoms with Crippen LogP contribution in [0.1, 0.15) is 42.5 Å². The minimum Gasteiger partial charge on any atom is -0.348 e. The van der Waals surface area contributed by atoms with Crippen LogP contribution in [0.2, 0.25) is 0 Å². The lowest BCUT2D eigenvalue weighted by molar-refractivity contribution is -0.123. The number of carbonyl (C=O) groups is 1. The van der Waals surface area contributed by atoms with E-state index in [-0.39, 0.29) is 11.9 Å². The third kappa shape index (κ3) is 2.50. The Bertz CT molecular complexity index is 450. The van der Waals surface area contributed by atoms with Gasteiger partial charge in [-0.3, -0.25) is 4.79 Å². The molecular weight excluding hydrogens is 212 g/mol. The Morgan fingerprint density at radius 2 is 2.06 bits per heavy atom. The first kappa shape index (κ1) is 12.1. The zero-order chi connectivity index (χ0) is 12.6. The predicted molar refractivity (Wildman–Crippen MR) is 68.6 cm³/mol. The molecule has 0 radical (unpaired) electrons. The first-order chi connectivity index (χ1) is 7.92. The van der Waals surface area contributed by atoms with Crippen LogP contribution in [0.4, 0.5) is 0 Å². The normalized spacial score (nSPS) is 18.6. The molecule has 0 aromatic heterocycles. The summed E-state index contributed by atoms with van der Waals surface area (Å²) in [6.07, 6.45) is 1.61. The van der Waals surface area contributed by atoms with Crippen LogP contribution < -0.4 is 11.1 Å². The molecule has 1 saturated carbocycles. The van der Waals surface area contributed by atoms with Gasteiger partial charge in [0.15, 0.2) is 0 Å². The summed E-state index contributed by atoms with van der Waals surface area (Å²) < 4.78 is 0. The van der Waals surface area contributed by atoms with Gasteiger partial charge in [0, 0.05) is 0 Å². The molecule has 0 heterocycles. The van der Waals surface area contributed by atoms with Crippen LogP contribution in [0.3, 0.4) is 0 Å². The van der Waals surface area contributed by atoms with Gasteiger partial charge in [-0.25, -0.2) is 0 Å². The fourth-order valence-corrected chi connectivity index (χ4v) is 2.01. The highest BCUT2D eigenvalue weighted by molar-refractivity contribution is 5.89. The van der Waals surface area contributed by atoms with Crippen LogP contribution in [0.15, 0.2) is 18.2 Å². The van der Waals surface area contributed by atoms with Crippen LogP contribution in [0.25, 0.3) is 0 Å². The lowest BCUT2D eigenvalue weighted by Gasteiger charge is -2.19. The maximum absolute atomic E-state index is 11.9. The Morgan fingerprint density at radius 3 is 2.65 bits per heavy atom. The van der Waals surface area contributed by atoms with E-state index in [1.165, 1.54) is 16.7 Å². The fraction of sp³-hybridized carbons (Fsp3) is 0.500. The maximum atomic E-state index is 11.9. The van der Waals surface area contributed by atoms with Crippen molar-refractivity contribution < 1.29 is 4.79 Å². The van der Waals surface area contributed by atoms with Gasteiger partial charge in [-0.1, -0.05) is 23.8 Å². The molecule has 0 bridgehead atoms. The molecule has 1 aromatic carbocycles. The molecule has 3 heteroatoms. The molecule has 3 nitrogen and oxygen atoms in total. The number of carbonyl (C=O) groups excluding carboxylic acids is 1. The molecular formula is C14H20N2O. The van der Waals surface area contributed by atoms with E-state index in [2.05, 4.69) is 37.4 Å². The van der Waals surface area contributed by atoms with Crippen molar-refractivity contribution in [2.75, 3.05) is 0 Å². The van der Waals surface area contributed by atoms with Crippen molar-refractivity contribution in [2.24, 2.45) is 5.73 Å². The topological polar surface area (TPSA) is 55.1 Å². The summed E-state index contributed by atoms with van der Waals surface area (Å²) in [6.45, 7) is 6.13. The summed E-state index contributed by atoms with van der Waals surface area (Å²) in [7, 11) is 0. The smallest absolute Gasteiger partial charge is 0.240 e. The van der Waals surface area contributed by atoms with Gasteiger partial charge >= 0.3 is 0 Å². The number of benzene rings is 1. The second kappa shape index (κ2) is 4.15. The molecule has 1 aliphatic rings. The van der Waals surface area contributed by atoms with E-state index in [9.17, 15) is 4.79 Å². The van der Waals surface area contributed by atoms with E-state index in [0.717, 1.165) is 12.8 Å². The third-order valence-corrected chi connectivity index (χ3v) is 3.49. The van der Waals surface area contributed by atoms with Gasteiger partial charge in [-0.05, 0) is 44.7 Å². The minimum atomic E-state index is -0.591. The first-order valence-corrected chi connectivity index (χ1v) is 6.09. The lowest BCUT2D eigenvalue weighted by Crippen LogP contribution is -2.43. The van der Waals surface area contributed by atoms with Crippen LogP contribution in [-0.2, 0) is 4.79 Å². The minimum absolute atomic E-state index is 0.0171. The number of rotatable bonds is 3. The third-order valence-electron chi connectivity index (χ3n) is 3.49. The maximum Gasteiger partial charge on any atom is 0.240 e. The Kier molecular flexibility index (Phi) is 2.96. The van der Waals surface area contributed by atoms with Crippen molar-refractivity contribution in [1.82, 2.24) is 5.32 Å².